The molecule has 0 aliphatic rings. The summed E-state index contributed by atoms with van der Waals surface area (Å²) in [6, 6.07) is 8.22. The summed E-state index contributed by atoms with van der Waals surface area (Å²) in [4.78, 5) is 23.8. The molecule has 0 aliphatic carbocycles. The first-order chi connectivity index (χ1) is 12.7. The highest BCUT2D eigenvalue weighted by Gasteiger charge is 2.35. The van der Waals surface area contributed by atoms with Crippen LogP contribution in [-0.2, 0) is 17.3 Å². The van der Waals surface area contributed by atoms with E-state index in [1.54, 1.807) is 6.92 Å². The highest BCUT2D eigenvalue weighted by Crippen LogP contribution is 2.39. The van der Waals surface area contributed by atoms with Crippen LogP contribution in [0.4, 0.5) is 13.2 Å². The van der Waals surface area contributed by atoms with Gasteiger partial charge < -0.3 is 9.47 Å². The molecule has 0 spiro atoms. The number of benzene rings is 2. The maximum Gasteiger partial charge on any atom is 0.419 e. The van der Waals surface area contributed by atoms with Crippen LogP contribution in [0.3, 0.4) is 0 Å². The molecule has 0 saturated heterocycles. The molecule has 0 fully saturated rings. The molecule has 0 bridgehead atoms. The van der Waals surface area contributed by atoms with Crippen LogP contribution in [0.5, 0.6) is 5.75 Å². The fraction of sp³-hybridized carbons (Fsp3) is 0.300. The zero-order valence-corrected chi connectivity index (χ0v) is 15.1. The van der Waals surface area contributed by atoms with Gasteiger partial charge in [0, 0.05) is 12.0 Å². The van der Waals surface area contributed by atoms with Crippen molar-refractivity contribution in [2.75, 3.05) is 13.7 Å². The van der Waals surface area contributed by atoms with Gasteiger partial charge in [0.2, 0.25) is 0 Å². The summed E-state index contributed by atoms with van der Waals surface area (Å²) < 4.78 is 49.7. The molecule has 0 aromatic heterocycles. The lowest BCUT2D eigenvalue weighted by Gasteiger charge is -2.17. The average Bonchev–Trinajstić information content (AvgIpc) is 2.62. The van der Waals surface area contributed by atoms with Crippen LogP contribution < -0.4 is 4.74 Å². The molecule has 144 valence electrons. The van der Waals surface area contributed by atoms with E-state index in [9.17, 15) is 22.8 Å². The number of hydrogen-bond acceptors (Lipinski definition) is 4. The molecule has 2 rings (SSSR count). The molecular formula is C20H19F3O4. The number of ketones is 1. The Labute approximate surface area is 154 Å². The first-order valence-electron chi connectivity index (χ1n) is 8.22. The van der Waals surface area contributed by atoms with E-state index >= 15 is 0 Å². The van der Waals surface area contributed by atoms with Crippen molar-refractivity contribution < 1.29 is 32.2 Å². The molecule has 4 nitrogen and oxygen atoms in total. The third-order valence-electron chi connectivity index (χ3n) is 3.92. The molecule has 7 heteroatoms. The van der Waals surface area contributed by atoms with Crippen LogP contribution >= 0.6 is 0 Å². The molecule has 27 heavy (non-hydrogen) atoms. The summed E-state index contributed by atoms with van der Waals surface area (Å²) in [7, 11) is 1.24. The number of aryl methyl sites for hydroxylation is 1. The number of carbonyl (C=O) groups is 2. The van der Waals surface area contributed by atoms with E-state index in [-0.39, 0.29) is 35.7 Å². The Kier molecular flexibility index (Phi) is 6.25. The number of Topliss-reactive ketones (excluding diaryl/α,β-unsaturated/α-hetero) is 1. The summed E-state index contributed by atoms with van der Waals surface area (Å²) in [5, 5.41) is 0. The Morgan fingerprint density at radius 1 is 1.04 bits per heavy atom. The van der Waals surface area contributed by atoms with Crippen LogP contribution in [0.1, 0.15) is 44.3 Å². The summed E-state index contributed by atoms with van der Waals surface area (Å²) in [6.07, 6.45) is -4.79. The van der Waals surface area contributed by atoms with Gasteiger partial charge in [-0.25, -0.2) is 4.79 Å². The molecule has 0 saturated carbocycles. The standard InChI is InChI=1S/C20H19F3O4/c1-4-27-18-12(2)9-13(10-16(18)20(21,22)23)11-17(24)14-5-7-15(8-6-14)19(25)26-3/h5-10H,4,11H2,1-3H3. The van der Waals surface area contributed by atoms with Crippen LogP contribution in [0.2, 0.25) is 0 Å². The van der Waals surface area contributed by atoms with Gasteiger partial charge >= 0.3 is 12.1 Å². The summed E-state index contributed by atoms with van der Waals surface area (Å²) in [6.45, 7) is 3.23. The molecule has 2 aromatic carbocycles. The van der Waals surface area contributed by atoms with E-state index in [4.69, 9.17) is 4.74 Å². The normalized spacial score (nSPS) is 11.2. The quantitative estimate of drug-likeness (QED) is 0.542. The van der Waals surface area contributed by atoms with Crippen molar-refractivity contribution in [2.45, 2.75) is 26.4 Å². The van der Waals surface area contributed by atoms with Gasteiger partial charge in [-0.2, -0.15) is 13.2 Å². The Bertz CT molecular complexity index is 840. The van der Waals surface area contributed by atoms with Crippen LogP contribution in [0, 0.1) is 6.92 Å². The molecule has 0 radical (unpaired) electrons. The van der Waals surface area contributed by atoms with Crippen molar-refractivity contribution in [3.05, 3.63) is 64.2 Å². The minimum Gasteiger partial charge on any atom is -0.493 e. The maximum absolute atomic E-state index is 13.3. The Morgan fingerprint density at radius 3 is 2.15 bits per heavy atom. The number of halogens is 3. The molecule has 0 aliphatic heterocycles. The Morgan fingerprint density at radius 2 is 1.63 bits per heavy atom. The number of alkyl halides is 3. The number of ether oxygens (including phenoxy) is 2. The second-order valence-electron chi connectivity index (χ2n) is 5.89. The van der Waals surface area contributed by atoms with Crippen molar-refractivity contribution in [1.82, 2.24) is 0 Å². The highest BCUT2D eigenvalue weighted by atomic mass is 19.4. The van der Waals surface area contributed by atoms with Gasteiger partial charge in [-0.3, -0.25) is 4.79 Å². The van der Waals surface area contributed by atoms with Crippen molar-refractivity contribution >= 4 is 11.8 Å². The minimum absolute atomic E-state index is 0.106. The topological polar surface area (TPSA) is 52.6 Å². The van der Waals surface area contributed by atoms with E-state index < -0.39 is 17.7 Å². The summed E-state index contributed by atoms with van der Waals surface area (Å²) >= 11 is 0. The second-order valence-corrected chi connectivity index (χ2v) is 5.89. The zero-order valence-electron chi connectivity index (χ0n) is 15.1. The first-order valence-corrected chi connectivity index (χ1v) is 8.22. The maximum atomic E-state index is 13.3. The molecule has 0 unspecified atom stereocenters. The van der Waals surface area contributed by atoms with E-state index in [1.165, 1.54) is 44.4 Å². The number of methoxy groups -OCH3 is 1. The minimum atomic E-state index is -4.59. The van der Waals surface area contributed by atoms with E-state index in [0.717, 1.165) is 6.07 Å². The summed E-state index contributed by atoms with van der Waals surface area (Å²) in [5.41, 5.74) is 0.238. The number of hydrogen-bond donors (Lipinski definition) is 0. The Hall–Kier alpha value is -2.83. The Balaban J connectivity index is 2.30. The van der Waals surface area contributed by atoms with Crippen LogP contribution in [0.25, 0.3) is 0 Å². The van der Waals surface area contributed by atoms with Gasteiger partial charge in [0.1, 0.15) is 5.75 Å². The number of carbonyl (C=O) groups excluding carboxylic acids is 2. The van der Waals surface area contributed by atoms with Crippen molar-refractivity contribution in [1.29, 1.82) is 0 Å². The van der Waals surface area contributed by atoms with E-state index in [2.05, 4.69) is 4.74 Å². The first kappa shape index (κ1) is 20.5. The van der Waals surface area contributed by atoms with Crippen LogP contribution in [-0.4, -0.2) is 25.5 Å². The van der Waals surface area contributed by atoms with Crippen molar-refractivity contribution in [3.8, 4) is 5.75 Å². The van der Waals surface area contributed by atoms with Crippen LogP contribution in [0.15, 0.2) is 36.4 Å². The lowest BCUT2D eigenvalue weighted by molar-refractivity contribution is -0.139. The molecule has 0 N–H and O–H groups in total. The largest absolute Gasteiger partial charge is 0.493 e. The predicted molar refractivity (Wildman–Crippen MR) is 93.2 cm³/mol. The molecule has 0 heterocycles. The molecule has 2 aromatic rings. The second kappa shape index (κ2) is 8.24. The van der Waals surface area contributed by atoms with Crippen molar-refractivity contribution in [2.24, 2.45) is 0 Å². The van der Waals surface area contributed by atoms with Gasteiger partial charge in [0.25, 0.3) is 0 Å². The van der Waals surface area contributed by atoms with Gasteiger partial charge in [-0.1, -0.05) is 18.2 Å². The molecule has 0 amide bonds. The van der Waals surface area contributed by atoms with Gasteiger partial charge in [-0.05, 0) is 43.2 Å². The SMILES string of the molecule is CCOc1c(C)cc(CC(=O)c2ccc(C(=O)OC)cc2)cc1C(F)(F)F. The van der Waals surface area contributed by atoms with Crippen molar-refractivity contribution in [3.63, 3.8) is 0 Å². The lowest BCUT2D eigenvalue weighted by atomic mass is 9.97. The lowest BCUT2D eigenvalue weighted by Crippen LogP contribution is -2.12. The smallest absolute Gasteiger partial charge is 0.419 e. The van der Waals surface area contributed by atoms with Gasteiger partial charge in [0.15, 0.2) is 5.78 Å². The number of rotatable bonds is 6. The third-order valence-corrected chi connectivity index (χ3v) is 3.92. The highest BCUT2D eigenvalue weighted by molar-refractivity contribution is 5.98. The predicted octanol–water partition coefficient (Wildman–Crippen LogP) is 4.62. The van der Waals surface area contributed by atoms with Gasteiger partial charge in [0.05, 0.1) is 24.8 Å². The monoisotopic (exact) mass is 380 g/mol. The van der Waals surface area contributed by atoms with E-state index in [0.29, 0.717) is 11.1 Å². The number of esters is 1. The third kappa shape index (κ3) is 4.87. The fourth-order valence-corrected chi connectivity index (χ4v) is 2.69. The van der Waals surface area contributed by atoms with E-state index in [1.807, 2.05) is 0 Å². The summed E-state index contributed by atoms with van der Waals surface area (Å²) in [5.74, 6) is -1.11. The average molecular weight is 380 g/mol. The molecular weight excluding hydrogens is 361 g/mol. The zero-order chi connectivity index (χ0) is 20.2. The molecule has 0 atom stereocenters. The van der Waals surface area contributed by atoms with Gasteiger partial charge in [-0.15, -0.1) is 0 Å². The fourth-order valence-electron chi connectivity index (χ4n) is 2.69.